The van der Waals surface area contributed by atoms with Gasteiger partial charge in [-0.3, -0.25) is 29.4 Å². The van der Waals surface area contributed by atoms with E-state index in [1.807, 2.05) is 18.2 Å². The van der Waals surface area contributed by atoms with Crippen molar-refractivity contribution in [2.75, 3.05) is 42.5 Å². The smallest absolute Gasteiger partial charge is 0.255 e. The Labute approximate surface area is 356 Å². The Balaban J connectivity index is 0.749. The van der Waals surface area contributed by atoms with Gasteiger partial charge in [0.1, 0.15) is 23.7 Å². The maximum atomic E-state index is 13.5. The van der Waals surface area contributed by atoms with Crippen molar-refractivity contribution in [1.82, 2.24) is 25.4 Å². The van der Waals surface area contributed by atoms with Crippen LogP contribution in [0.5, 0.6) is 5.75 Å². The predicted molar refractivity (Wildman–Crippen MR) is 228 cm³/mol. The predicted octanol–water partition coefficient (Wildman–Crippen LogP) is 6.23. The molecule has 2 bridgehead atoms. The Hall–Kier alpha value is -5.19. The highest BCUT2D eigenvalue weighted by atomic mass is 35.5. The van der Waals surface area contributed by atoms with Crippen molar-refractivity contribution in [3.63, 3.8) is 0 Å². The summed E-state index contributed by atoms with van der Waals surface area (Å²) in [6.07, 6.45) is 6.61. The standard InChI is InChI=1S/C46H53ClN8O5/c1-45(2)43(46(3,4)44(45)60-33-10-12-36(48-5)35(47)21-33)51-40(57)28-6-14-38(49-22-28)53-18-16-27(17-19-53)23-52-25-31-7-8-32(26-52)55(31)30-9-11-34-29(20-30)24-54(42(34)59)37-13-15-39(56)50-41(37)58/h6,9-12,14,20-22,27,31-32,37,43-44H,7-8,13,15-19,23-26H2,1-4H3,(H,51,57)(H,50,56,58). The van der Waals surface area contributed by atoms with E-state index in [9.17, 15) is 19.2 Å². The third-order valence-corrected chi connectivity index (χ3v) is 14.5. The van der Waals surface area contributed by atoms with Gasteiger partial charge in [0, 0.05) is 92.1 Å². The van der Waals surface area contributed by atoms with Crippen LogP contribution in [0.25, 0.3) is 4.85 Å². The Bertz CT molecular complexity index is 2240. The zero-order chi connectivity index (χ0) is 42.1. The molecule has 6 heterocycles. The van der Waals surface area contributed by atoms with Gasteiger partial charge in [0.25, 0.3) is 11.8 Å². The van der Waals surface area contributed by atoms with Gasteiger partial charge in [-0.1, -0.05) is 45.4 Å². The van der Waals surface area contributed by atoms with Crippen LogP contribution in [0.15, 0.2) is 54.7 Å². The second kappa shape index (κ2) is 15.4. The number of amides is 4. The van der Waals surface area contributed by atoms with E-state index in [2.05, 4.69) is 70.0 Å². The van der Waals surface area contributed by atoms with Crippen LogP contribution in [-0.2, 0) is 16.1 Å². The number of anilines is 2. The molecule has 1 saturated carbocycles. The summed E-state index contributed by atoms with van der Waals surface area (Å²) >= 11 is 6.27. The highest BCUT2D eigenvalue weighted by molar-refractivity contribution is 6.33. The van der Waals surface area contributed by atoms with Crippen molar-refractivity contribution in [2.45, 2.75) is 103 Å². The maximum absolute atomic E-state index is 13.5. The quantitative estimate of drug-likeness (QED) is 0.191. The lowest BCUT2D eigenvalue weighted by atomic mass is 9.49. The topological polar surface area (TPSA) is 132 Å². The molecule has 3 unspecified atom stereocenters. The molecule has 60 heavy (non-hydrogen) atoms. The highest BCUT2D eigenvalue weighted by Gasteiger charge is 2.64. The lowest BCUT2D eigenvalue weighted by molar-refractivity contribution is -0.164. The van der Waals surface area contributed by atoms with Crippen molar-refractivity contribution in [1.29, 1.82) is 0 Å². The van der Waals surface area contributed by atoms with Crippen LogP contribution in [0, 0.1) is 23.3 Å². The van der Waals surface area contributed by atoms with Crippen LogP contribution in [0.4, 0.5) is 17.2 Å². The number of carbonyl (C=O) groups is 4. The molecule has 4 amide bonds. The number of aromatic nitrogens is 1. The average Bonchev–Trinajstić information content (AvgIpc) is 3.70. The van der Waals surface area contributed by atoms with E-state index in [1.165, 1.54) is 0 Å². The number of ether oxygens (including phenoxy) is 1. The van der Waals surface area contributed by atoms with E-state index in [1.54, 1.807) is 29.3 Å². The minimum Gasteiger partial charge on any atom is -0.489 e. The molecule has 5 aliphatic heterocycles. The molecule has 2 aromatic carbocycles. The summed E-state index contributed by atoms with van der Waals surface area (Å²) in [5.74, 6) is 1.17. The minimum atomic E-state index is -0.604. The number of piperidine rings is 2. The molecule has 0 spiro atoms. The molecular formula is C46H53ClN8O5. The van der Waals surface area contributed by atoms with Gasteiger partial charge >= 0.3 is 0 Å². The van der Waals surface area contributed by atoms with E-state index in [-0.39, 0.29) is 53.0 Å². The van der Waals surface area contributed by atoms with Gasteiger partial charge in [0.2, 0.25) is 17.5 Å². The fourth-order valence-electron chi connectivity index (χ4n) is 11.5. The first-order chi connectivity index (χ1) is 28.7. The lowest BCUT2D eigenvalue weighted by Gasteiger charge is -2.63. The molecule has 9 rings (SSSR count). The average molecular weight is 833 g/mol. The van der Waals surface area contributed by atoms with Crippen LogP contribution >= 0.6 is 11.6 Å². The van der Waals surface area contributed by atoms with E-state index >= 15 is 0 Å². The molecule has 3 aromatic rings. The van der Waals surface area contributed by atoms with Crippen molar-refractivity contribution < 1.29 is 23.9 Å². The molecule has 314 valence electrons. The summed E-state index contributed by atoms with van der Waals surface area (Å²) in [5, 5.41) is 6.02. The molecule has 2 N–H and O–H groups in total. The number of likely N-dealkylation sites (tertiary alicyclic amines) is 1. The number of nitrogens with one attached hydrogen (secondary N) is 2. The molecule has 6 aliphatic rings. The molecule has 1 aromatic heterocycles. The van der Waals surface area contributed by atoms with Crippen LogP contribution in [0.1, 0.15) is 92.5 Å². The summed E-state index contributed by atoms with van der Waals surface area (Å²) in [5.41, 5.74) is 2.98. The number of carbonyl (C=O) groups excluding carboxylic acids is 4. The van der Waals surface area contributed by atoms with Gasteiger partial charge in [0.15, 0.2) is 0 Å². The number of hydrogen-bond donors (Lipinski definition) is 2. The molecule has 5 fully saturated rings. The number of fused-ring (bicyclic) bond motifs is 3. The fourth-order valence-corrected chi connectivity index (χ4v) is 11.7. The van der Waals surface area contributed by atoms with E-state index in [0.29, 0.717) is 58.6 Å². The number of rotatable bonds is 9. The third kappa shape index (κ3) is 7.15. The molecular weight excluding hydrogens is 780 g/mol. The summed E-state index contributed by atoms with van der Waals surface area (Å²) in [7, 11) is 0. The van der Waals surface area contributed by atoms with Gasteiger partial charge < -0.3 is 24.8 Å². The molecule has 1 aliphatic carbocycles. The van der Waals surface area contributed by atoms with E-state index in [0.717, 1.165) is 75.5 Å². The highest BCUT2D eigenvalue weighted by Crippen LogP contribution is 2.56. The first-order valence-electron chi connectivity index (χ1n) is 21.3. The van der Waals surface area contributed by atoms with Crippen LogP contribution in [0.3, 0.4) is 0 Å². The number of imide groups is 1. The Morgan fingerprint density at radius 3 is 2.35 bits per heavy atom. The van der Waals surface area contributed by atoms with Gasteiger partial charge in [-0.2, -0.15) is 0 Å². The van der Waals surface area contributed by atoms with Gasteiger partial charge in [-0.15, -0.1) is 0 Å². The molecule has 13 nitrogen and oxygen atoms in total. The Kier molecular flexibility index (Phi) is 10.3. The van der Waals surface area contributed by atoms with Crippen molar-refractivity contribution in [3.05, 3.63) is 87.9 Å². The van der Waals surface area contributed by atoms with Crippen LogP contribution < -0.4 is 25.2 Å². The van der Waals surface area contributed by atoms with Gasteiger partial charge in [-0.05, 0) is 86.1 Å². The summed E-state index contributed by atoms with van der Waals surface area (Å²) in [6.45, 7) is 21.0. The lowest BCUT2D eigenvalue weighted by Crippen LogP contribution is -2.74. The van der Waals surface area contributed by atoms with Crippen LogP contribution in [-0.4, -0.2) is 101 Å². The summed E-state index contributed by atoms with van der Waals surface area (Å²) in [4.78, 5) is 68.4. The van der Waals surface area contributed by atoms with Crippen molar-refractivity contribution >= 4 is 52.4 Å². The number of hydrogen-bond acceptors (Lipinski definition) is 9. The fraction of sp³-hybridized carbons (Fsp3) is 0.522. The number of pyridine rings is 1. The summed E-state index contributed by atoms with van der Waals surface area (Å²) < 4.78 is 6.40. The largest absolute Gasteiger partial charge is 0.489 e. The second-order valence-electron chi connectivity index (χ2n) is 18.9. The zero-order valence-corrected chi connectivity index (χ0v) is 35.5. The second-order valence-corrected chi connectivity index (χ2v) is 19.3. The molecule has 0 radical (unpaired) electrons. The van der Waals surface area contributed by atoms with E-state index in [4.69, 9.17) is 27.9 Å². The Morgan fingerprint density at radius 1 is 0.967 bits per heavy atom. The summed E-state index contributed by atoms with van der Waals surface area (Å²) in [6, 6.07) is 15.2. The van der Waals surface area contributed by atoms with Gasteiger partial charge in [0.05, 0.1) is 17.2 Å². The first-order valence-corrected chi connectivity index (χ1v) is 21.7. The zero-order valence-electron chi connectivity index (χ0n) is 34.7. The van der Waals surface area contributed by atoms with Crippen molar-refractivity contribution in [2.24, 2.45) is 16.7 Å². The molecule has 14 heteroatoms. The van der Waals surface area contributed by atoms with Gasteiger partial charge in [-0.25, -0.2) is 9.83 Å². The molecule has 3 atom stereocenters. The number of benzene rings is 2. The Morgan fingerprint density at radius 2 is 1.70 bits per heavy atom. The number of piperazine rings is 1. The monoisotopic (exact) mass is 832 g/mol. The normalized spacial score (nSPS) is 27.2. The number of halogens is 1. The maximum Gasteiger partial charge on any atom is 0.255 e. The molecule has 4 saturated heterocycles. The number of nitrogens with zero attached hydrogens (tertiary/aromatic N) is 6. The third-order valence-electron chi connectivity index (χ3n) is 14.2. The van der Waals surface area contributed by atoms with Crippen molar-refractivity contribution in [3.8, 4) is 5.75 Å². The first kappa shape index (κ1) is 40.2. The van der Waals surface area contributed by atoms with Crippen LogP contribution in [0.2, 0.25) is 5.02 Å². The minimum absolute atomic E-state index is 0.131. The SMILES string of the molecule is [C-]#[N+]c1ccc(OC2C(C)(C)C(NC(=O)c3ccc(N4CCC(CN5CC6CCC(C5)N6c5ccc6c(c5)CN(C5CCC(=O)NC5=O)C6=O)CC4)nc3)C2(C)C)cc1Cl. The van der Waals surface area contributed by atoms with E-state index < -0.39 is 6.04 Å².